The Bertz CT molecular complexity index is 1430. The number of carbonyl (C=O) groups is 1. The number of aryl methyl sites for hydroxylation is 1. The van der Waals surface area contributed by atoms with E-state index in [1.54, 1.807) is 49.5 Å². The third-order valence-corrected chi connectivity index (χ3v) is 5.47. The predicted molar refractivity (Wildman–Crippen MR) is 118 cm³/mol. The van der Waals surface area contributed by atoms with E-state index in [2.05, 4.69) is 15.3 Å². The summed E-state index contributed by atoms with van der Waals surface area (Å²) in [5.41, 5.74) is 1.46. The van der Waals surface area contributed by atoms with Crippen molar-refractivity contribution in [3.05, 3.63) is 78.1 Å². The highest BCUT2D eigenvalue weighted by Crippen LogP contribution is 2.26. The Kier molecular flexibility index (Phi) is 5.62. The zero-order chi connectivity index (χ0) is 22.9. The Hall–Kier alpha value is -3.79. The van der Waals surface area contributed by atoms with Gasteiger partial charge in [0.2, 0.25) is 5.88 Å². The number of benzene rings is 2. The summed E-state index contributed by atoms with van der Waals surface area (Å²) in [6.07, 6.45) is 3.93. The molecule has 164 valence electrons. The minimum atomic E-state index is -3.24. The van der Waals surface area contributed by atoms with Crippen molar-refractivity contribution in [3.63, 3.8) is 0 Å². The first-order valence-electron chi connectivity index (χ1n) is 9.54. The number of nitrogens with one attached hydrogen (secondary N) is 1. The number of aromatic nitrogens is 3. The van der Waals surface area contributed by atoms with Crippen LogP contribution in [-0.2, 0) is 15.6 Å². The number of carbonyl (C=O) groups excluding carboxylic acids is 1. The van der Waals surface area contributed by atoms with Crippen LogP contribution >= 0.6 is 0 Å². The molecule has 0 saturated heterocycles. The summed E-state index contributed by atoms with van der Waals surface area (Å²) < 4.78 is 44.2. The van der Waals surface area contributed by atoms with E-state index in [1.165, 1.54) is 23.0 Å². The predicted octanol–water partition coefficient (Wildman–Crippen LogP) is 4.30. The molecule has 0 bridgehead atoms. The van der Waals surface area contributed by atoms with E-state index in [1.807, 2.05) is 0 Å². The largest absolute Gasteiger partial charge is 0.439 e. The van der Waals surface area contributed by atoms with E-state index in [4.69, 9.17) is 4.74 Å². The van der Waals surface area contributed by atoms with Gasteiger partial charge in [-0.1, -0.05) is 12.1 Å². The molecular weight excluding hydrogens is 435 g/mol. The van der Waals surface area contributed by atoms with Crippen LogP contribution < -0.4 is 10.1 Å². The summed E-state index contributed by atoms with van der Waals surface area (Å²) in [5, 5.41) is 3.29. The molecule has 2 aromatic heterocycles. The molecule has 0 saturated carbocycles. The van der Waals surface area contributed by atoms with Crippen molar-refractivity contribution in [2.45, 2.75) is 12.7 Å². The zero-order valence-electron chi connectivity index (χ0n) is 17.2. The number of ether oxygens (including phenoxy) is 1. The molecule has 0 spiro atoms. The highest BCUT2D eigenvalue weighted by Gasteiger charge is 2.14. The standard InChI is InChI=1S/C22H19FN4O4S/c1-14-4-3-5-18(21(14)23)26-22(28)27-9-8-15-10-17(6-7-19(15)27)31-20-11-16(24-13-25-20)12-32(2,29)30/h3-11,13H,12H2,1-2H3,(H,26,28). The lowest BCUT2D eigenvalue weighted by atomic mass is 10.2. The summed E-state index contributed by atoms with van der Waals surface area (Å²) in [6, 6.07) is 12.5. The lowest BCUT2D eigenvalue weighted by molar-refractivity contribution is 0.254. The molecule has 4 aromatic rings. The number of fused-ring (bicyclic) bond motifs is 1. The average molecular weight is 454 g/mol. The molecule has 4 rings (SSSR count). The molecule has 0 aliphatic rings. The van der Waals surface area contributed by atoms with Gasteiger partial charge in [0.1, 0.15) is 17.9 Å². The molecule has 32 heavy (non-hydrogen) atoms. The first-order chi connectivity index (χ1) is 15.2. The van der Waals surface area contributed by atoms with Crippen LogP contribution in [0.25, 0.3) is 10.9 Å². The Morgan fingerprint density at radius 2 is 1.97 bits per heavy atom. The van der Waals surface area contributed by atoms with Gasteiger partial charge in [-0.15, -0.1) is 0 Å². The third kappa shape index (κ3) is 4.75. The zero-order valence-corrected chi connectivity index (χ0v) is 18.1. The van der Waals surface area contributed by atoms with Crippen LogP contribution in [0.5, 0.6) is 11.6 Å². The Balaban J connectivity index is 1.55. The molecule has 0 aliphatic heterocycles. The van der Waals surface area contributed by atoms with Crippen LogP contribution in [0.1, 0.15) is 11.3 Å². The quantitative estimate of drug-likeness (QED) is 0.482. The smallest absolute Gasteiger partial charge is 0.330 e. The Labute approximate surface area is 183 Å². The topological polar surface area (TPSA) is 103 Å². The van der Waals surface area contributed by atoms with Gasteiger partial charge in [-0.05, 0) is 42.8 Å². The highest BCUT2D eigenvalue weighted by atomic mass is 32.2. The number of nitrogens with zero attached hydrogens (tertiary/aromatic N) is 3. The van der Waals surface area contributed by atoms with E-state index in [0.29, 0.717) is 27.9 Å². The van der Waals surface area contributed by atoms with E-state index in [0.717, 1.165) is 6.26 Å². The Morgan fingerprint density at radius 3 is 2.75 bits per heavy atom. The van der Waals surface area contributed by atoms with Crippen molar-refractivity contribution in [1.82, 2.24) is 14.5 Å². The van der Waals surface area contributed by atoms with Crippen molar-refractivity contribution >= 4 is 32.5 Å². The molecular formula is C22H19FN4O4S. The van der Waals surface area contributed by atoms with Gasteiger partial charge < -0.3 is 10.1 Å². The van der Waals surface area contributed by atoms with Crippen LogP contribution in [0.15, 0.2) is 61.1 Å². The van der Waals surface area contributed by atoms with E-state index >= 15 is 0 Å². The van der Waals surface area contributed by atoms with Crippen LogP contribution in [-0.4, -0.2) is 35.2 Å². The summed E-state index contributed by atoms with van der Waals surface area (Å²) in [6.45, 7) is 1.62. The maximum absolute atomic E-state index is 14.2. The fourth-order valence-corrected chi connectivity index (χ4v) is 3.88. The highest BCUT2D eigenvalue weighted by molar-refractivity contribution is 7.89. The molecule has 0 radical (unpaired) electrons. The molecule has 0 unspecified atom stereocenters. The van der Waals surface area contributed by atoms with E-state index in [-0.39, 0.29) is 17.3 Å². The number of hydrogen-bond donors (Lipinski definition) is 1. The first kappa shape index (κ1) is 21.4. The van der Waals surface area contributed by atoms with Crippen molar-refractivity contribution in [1.29, 1.82) is 0 Å². The molecule has 1 N–H and O–H groups in total. The van der Waals surface area contributed by atoms with Gasteiger partial charge in [0, 0.05) is 23.9 Å². The SMILES string of the molecule is Cc1cccc(NC(=O)n2ccc3cc(Oc4cc(CS(C)(=O)=O)ncn4)ccc32)c1F. The van der Waals surface area contributed by atoms with Gasteiger partial charge in [-0.3, -0.25) is 4.57 Å². The van der Waals surface area contributed by atoms with Crippen LogP contribution in [0.4, 0.5) is 14.9 Å². The van der Waals surface area contributed by atoms with Crippen LogP contribution in [0, 0.1) is 12.7 Å². The molecule has 0 atom stereocenters. The normalized spacial score (nSPS) is 11.5. The number of amides is 1. The molecule has 0 fully saturated rings. The summed E-state index contributed by atoms with van der Waals surface area (Å²) in [7, 11) is -3.24. The number of halogens is 1. The summed E-state index contributed by atoms with van der Waals surface area (Å²) in [5.74, 6) is -0.0488. The number of sulfone groups is 1. The lowest BCUT2D eigenvalue weighted by Crippen LogP contribution is -2.19. The molecule has 8 nitrogen and oxygen atoms in total. The molecule has 1 amide bonds. The van der Waals surface area contributed by atoms with Gasteiger partial charge in [-0.25, -0.2) is 27.6 Å². The fraction of sp³-hybridized carbons (Fsp3) is 0.136. The van der Waals surface area contributed by atoms with Crippen LogP contribution in [0.3, 0.4) is 0 Å². The molecule has 2 aromatic carbocycles. The second-order valence-electron chi connectivity index (χ2n) is 7.29. The van der Waals surface area contributed by atoms with Crippen molar-refractivity contribution < 1.29 is 22.3 Å². The summed E-state index contributed by atoms with van der Waals surface area (Å²) >= 11 is 0. The second-order valence-corrected chi connectivity index (χ2v) is 9.43. The first-order valence-corrected chi connectivity index (χ1v) is 11.6. The maximum atomic E-state index is 14.2. The van der Waals surface area contributed by atoms with Crippen molar-refractivity contribution in [3.8, 4) is 11.6 Å². The minimum absolute atomic E-state index is 0.102. The fourth-order valence-electron chi connectivity index (χ4n) is 3.18. The molecule has 10 heteroatoms. The number of hydrogen-bond acceptors (Lipinski definition) is 6. The van der Waals surface area contributed by atoms with Gasteiger partial charge in [0.15, 0.2) is 9.84 Å². The number of anilines is 1. The minimum Gasteiger partial charge on any atom is -0.439 e. The third-order valence-electron chi connectivity index (χ3n) is 4.65. The number of rotatable bonds is 5. The van der Waals surface area contributed by atoms with Gasteiger partial charge >= 0.3 is 6.03 Å². The van der Waals surface area contributed by atoms with E-state index < -0.39 is 21.7 Å². The second kappa shape index (κ2) is 8.39. The Morgan fingerprint density at radius 1 is 1.16 bits per heavy atom. The van der Waals surface area contributed by atoms with Crippen molar-refractivity contribution in [2.75, 3.05) is 11.6 Å². The maximum Gasteiger partial charge on any atom is 0.330 e. The van der Waals surface area contributed by atoms with E-state index in [9.17, 15) is 17.6 Å². The monoisotopic (exact) mass is 454 g/mol. The molecule has 2 heterocycles. The van der Waals surface area contributed by atoms with Gasteiger partial charge in [0.05, 0.1) is 22.7 Å². The van der Waals surface area contributed by atoms with Gasteiger partial charge in [0.25, 0.3) is 0 Å². The van der Waals surface area contributed by atoms with Gasteiger partial charge in [-0.2, -0.15) is 0 Å². The average Bonchev–Trinajstić information content (AvgIpc) is 3.14. The van der Waals surface area contributed by atoms with Crippen LogP contribution in [0.2, 0.25) is 0 Å². The molecule has 0 aliphatic carbocycles. The summed E-state index contributed by atoms with van der Waals surface area (Å²) in [4.78, 5) is 20.6. The lowest BCUT2D eigenvalue weighted by Gasteiger charge is -2.10. The van der Waals surface area contributed by atoms with Crippen molar-refractivity contribution in [2.24, 2.45) is 0 Å².